The van der Waals surface area contributed by atoms with E-state index in [1.807, 2.05) is 44.2 Å². The summed E-state index contributed by atoms with van der Waals surface area (Å²) in [5, 5.41) is 2.86. The molecule has 19 heavy (non-hydrogen) atoms. The predicted octanol–water partition coefficient (Wildman–Crippen LogP) is 2.01. The van der Waals surface area contributed by atoms with Gasteiger partial charge in [0.25, 0.3) is 0 Å². The molecule has 4 nitrogen and oxygen atoms in total. The lowest BCUT2D eigenvalue weighted by atomic mass is 10.0. The van der Waals surface area contributed by atoms with Gasteiger partial charge in [0.05, 0.1) is 5.60 Å². The fraction of sp³-hybridized carbons (Fsp3) is 0.533. The van der Waals surface area contributed by atoms with Crippen molar-refractivity contribution in [3.05, 3.63) is 35.9 Å². The fourth-order valence-electron chi connectivity index (χ4n) is 1.63. The Morgan fingerprint density at radius 2 is 2.00 bits per heavy atom. The van der Waals surface area contributed by atoms with Crippen LogP contribution in [0.3, 0.4) is 0 Å². The van der Waals surface area contributed by atoms with Crippen molar-refractivity contribution in [3.63, 3.8) is 0 Å². The standard InChI is InChI=1S/C15H24N2O2/c1-15(2,19-3)11-17-14(18)10-9-13(16)12-7-5-4-6-8-12/h4-8,13H,9-11,16H2,1-3H3,(H,17,18). The topological polar surface area (TPSA) is 64.3 Å². The van der Waals surface area contributed by atoms with Gasteiger partial charge in [0.1, 0.15) is 0 Å². The van der Waals surface area contributed by atoms with Crippen LogP contribution in [0.25, 0.3) is 0 Å². The number of hydrogen-bond donors (Lipinski definition) is 2. The van der Waals surface area contributed by atoms with Crippen LogP contribution in [0.2, 0.25) is 0 Å². The zero-order valence-electron chi connectivity index (χ0n) is 12.0. The van der Waals surface area contributed by atoms with E-state index in [-0.39, 0.29) is 17.6 Å². The Kier molecular flexibility index (Phi) is 5.99. The highest BCUT2D eigenvalue weighted by Gasteiger charge is 2.17. The monoisotopic (exact) mass is 264 g/mol. The maximum Gasteiger partial charge on any atom is 0.220 e. The molecule has 0 spiro atoms. The maximum absolute atomic E-state index is 11.7. The number of amides is 1. The van der Waals surface area contributed by atoms with Crippen molar-refractivity contribution in [3.8, 4) is 0 Å². The minimum atomic E-state index is -0.336. The van der Waals surface area contributed by atoms with Crippen molar-refractivity contribution in [2.75, 3.05) is 13.7 Å². The molecule has 0 bridgehead atoms. The van der Waals surface area contributed by atoms with E-state index in [2.05, 4.69) is 5.32 Å². The SMILES string of the molecule is COC(C)(C)CNC(=O)CCC(N)c1ccccc1. The number of benzene rings is 1. The lowest BCUT2D eigenvalue weighted by Crippen LogP contribution is -2.39. The summed E-state index contributed by atoms with van der Waals surface area (Å²) in [4.78, 5) is 11.7. The van der Waals surface area contributed by atoms with Gasteiger partial charge in [-0.15, -0.1) is 0 Å². The van der Waals surface area contributed by atoms with Crippen LogP contribution in [0, 0.1) is 0 Å². The summed E-state index contributed by atoms with van der Waals surface area (Å²) in [6.45, 7) is 4.37. The average molecular weight is 264 g/mol. The Bertz CT molecular complexity index is 390. The first-order valence-corrected chi connectivity index (χ1v) is 6.57. The van der Waals surface area contributed by atoms with Gasteiger partial charge in [-0.25, -0.2) is 0 Å². The summed E-state index contributed by atoms with van der Waals surface area (Å²) in [5.74, 6) is 0.0107. The van der Waals surface area contributed by atoms with Crippen molar-refractivity contribution in [2.24, 2.45) is 5.73 Å². The van der Waals surface area contributed by atoms with E-state index in [0.29, 0.717) is 19.4 Å². The predicted molar refractivity (Wildman–Crippen MR) is 76.7 cm³/mol. The molecule has 1 amide bonds. The second kappa shape index (κ2) is 7.26. The molecule has 0 saturated carbocycles. The highest BCUT2D eigenvalue weighted by atomic mass is 16.5. The van der Waals surface area contributed by atoms with Crippen molar-refractivity contribution in [1.29, 1.82) is 0 Å². The third-order valence-electron chi connectivity index (χ3n) is 3.17. The van der Waals surface area contributed by atoms with Crippen molar-refractivity contribution >= 4 is 5.91 Å². The van der Waals surface area contributed by atoms with Crippen LogP contribution in [0.1, 0.15) is 38.3 Å². The highest BCUT2D eigenvalue weighted by Crippen LogP contribution is 2.15. The van der Waals surface area contributed by atoms with Gasteiger partial charge >= 0.3 is 0 Å². The van der Waals surface area contributed by atoms with Gasteiger partial charge in [-0.3, -0.25) is 4.79 Å². The second-order valence-electron chi connectivity index (χ2n) is 5.30. The summed E-state index contributed by atoms with van der Waals surface area (Å²) in [6.07, 6.45) is 1.07. The van der Waals surface area contributed by atoms with Gasteiger partial charge in [-0.1, -0.05) is 30.3 Å². The molecule has 0 saturated heterocycles. The van der Waals surface area contributed by atoms with E-state index in [1.54, 1.807) is 7.11 Å². The molecular formula is C15H24N2O2. The Labute approximate surface area is 115 Å². The minimum Gasteiger partial charge on any atom is -0.377 e. The number of nitrogens with two attached hydrogens (primary N) is 1. The third kappa shape index (κ3) is 5.85. The molecule has 1 rings (SSSR count). The zero-order chi connectivity index (χ0) is 14.3. The minimum absolute atomic E-state index is 0.0107. The van der Waals surface area contributed by atoms with Gasteiger partial charge in [0.2, 0.25) is 5.91 Å². The number of hydrogen-bond acceptors (Lipinski definition) is 3. The summed E-state index contributed by atoms with van der Waals surface area (Å²) < 4.78 is 5.24. The number of carbonyl (C=O) groups excluding carboxylic acids is 1. The quantitative estimate of drug-likeness (QED) is 0.791. The molecule has 0 aliphatic heterocycles. The van der Waals surface area contributed by atoms with Crippen LogP contribution in [0.5, 0.6) is 0 Å². The molecule has 0 aromatic heterocycles. The van der Waals surface area contributed by atoms with Crippen molar-refractivity contribution in [1.82, 2.24) is 5.32 Å². The summed E-state index contributed by atoms with van der Waals surface area (Å²) >= 11 is 0. The molecule has 106 valence electrons. The smallest absolute Gasteiger partial charge is 0.220 e. The van der Waals surface area contributed by atoms with E-state index in [9.17, 15) is 4.79 Å². The van der Waals surface area contributed by atoms with E-state index < -0.39 is 0 Å². The fourth-order valence-corrected chi connectivity index (χ4v) is 1.63. The lowest BCUT2D eigenvalue weighted by Gasteiger charge is -2.23. The Balaban J connectivity index is 2.31. The molecule has 4 heteroatoms. The van der Waals surface area contributed by atoms with Crippen molar-refractivity contribution in [2.45, 2.75) is 38.3 Å². The molecule has 0 fully saturated rings. The highest BCUT2D eigenvalue weighted by molar-refractivity contribution is 5.76. The van der Waals surface area contributed by atoms with Gasteiger partial charge in [-0.2, -0.15) is 0 Å². The number of rotatable bonds is 7. The first kappa shape index (κ1) is 15.7. The first-order valence-electron chi connectivity index (χ1n) is 6.57. The molecule has 1 aromatic rings. The van der Waals surface area contributed by atoms with Crippen LogP contribution in [-0.2, 0) is 9.53 Å². The molecule has 0 aliphatic carbocycles. The first-order chi connectivity index (χ1) is 8.94. The zero-order valence-corrected chi connectivity index (χ0v) is 12.0. The van der Waals surface area contributed by atoms with Crippen LogP contribution in [0.15, 0.2) is 30.3 Å². The van der Waals surface area contributed by atoms with Gasteiger partial charge in [0.15, 0.2) is 0 Å². The molecule has 1 aromatic carbocycles. The Morgan fingerprint density at radius 1 is 1.37 bits per heavy atom. The van der Waals surface area contributed by atoms with Crippen molar-refractivity contribution < 1.29 is 9.53 Å². The van der Waals surface area contributed by atoms with Crippen LogP contribution in [0.4, 0.5) is 0 Å². The molecule has 0 aliphatic rings. The second-order valence-corrected chi connectivity index (χ2v) is 5.30. The number of carbonyl (C=O) groups is 1. The molecule has 0 radical (unpaired) electrons. The van der Waals surface area contributed by atoms with Crippen LogP contribution in [-0.4, -0.2) is 25.2 Å². The summed E-state index contributed by atoms with van der Waals surface area (Å²) in [7, 11) is 1.64. The van der Waals surface area contributed by atoms with E-state index in [0.717, 1.165) is 5.56 Å². The van der Waals surface area contributed by atoms with Crippen LogP contribution >= 0.6 is 0 Å². The van der Waals surface area contributed by atoms with E-state index in [1.165, 1.54) is 0 Å². The van der Waals surface area contributed by atoms with Crippen LogP contribution < -0.4 is 11.1 Å². The molecule has 0 heterocycles. The molecule has 1 unspecified atom stereocenters. The summed E-state index contributed by atoms with van der Waals surface area (Å²) in [5.41, 5.74) is 6.77. The third-order valence-corrected chi connectivity index (χ3v) is 3.17. The molecular weight excluding hydrogens is 240 g/mol. The summed E-state index contributed by atoms with van der Waals surface area (Å²) in [6, 6.07) is 9.73. The molecule has 3 N–H and O–H groups in total. The maximum atomic E-state index is 11.7. The largest absolute Gasteiger partial charge is 0.377 e. The van der Waals surface area contributed by atoms with E-state index in [4.69, 9.17) is 10.5 Å². The Morgan fingerprint density at radius 3 is 2.58 bits per heavy atom. The lowest BCUT2D eigenvalue weighted by molar-refractivity contribution is -0.122. The normalized spacial score (nSPS) is 13.1. The average Bonchev–Trinajstić information content (AvgIpc) is 2.43. The number of ether oxygens (including phenoxy) is 1. The van der Waals surface area contributed by atoms with E-state index >= 15 is 0 Å². The van der Waals surface area contributed by atoms with Gasteiger partial charge in [0, 0.05) is 26.1 Å². The number of methoxy groups -OCH3 is 1. The number of nitrogens with one attached hydrogen (secondary N) is 1. The Hall–Kier alpha value is -1.39. The van der Waals surface area contributed by atoms with Gasteiger partial charge < -0.3 is 15.8 Å². The molecule has 1 atom stereocenters. The van der Waals surface area contributed by atoms with Gasteiger partial charge in [-0.05, 0) is 25.8 Å².